The van der Waals surface area contributed by atoms with Crippen molar-refractivity contribution in [3.8, 4) is 56.4 Å². The highest BCUT2D eigenvalue weighted by Gasteiger charge is 2.19. The normalized spacial score (nSPS) is 11.7. The number of hydrogen-bond donors (Lipinski definition) is 0. The van der Waals surface area contributed by atoms with Crippen LogP contribution in [0.25, 0.3) is 111 Å². The Morgan fingerprint density at radius 2 is 0.870 bits per heavy atom. The molecule has 0 aliphatic rings. The summed E-state index contributed by atoms with van der Waals surface area (Å²) in [6, 6.07) is 60.5. The van der Waals surface area contributed by atoms with E-state index in [4.69, 9.17) is 23.8 Å². The van der Waals surface area contributed by atoms with Gasteiger partial charge in [-0.15, -0.1) is 0 Å². The molecule has 0 bridgehead atoms. The van der Waals surface area contributed by atoms with Gasteiger partial charge in [0.15, 0.2) is 17.5 Å². The standard InChI is InChI=1S/C49H29N3O2/c1-2-15-35-30(11-1)12-8-18-36(35)31-25-27-32(28-26-31)47-50-48(52-49(51-47)41-21-9-20-39-38-16-3-5-22-42(38)54-46(39)41)34-14-7-13-33(29-34)37-19-10-24-44-45(37)40-17-4-6-23-43(40)53-44/h1-29H. The van der Waals surface area contributed by atoms with Gasteiger partial charge < -0.3 is 8.83 Å². The third-order valence-electron chi connectivity index (χ3n) is 10.4. The summed E-state index contributed by atoms with van der Waals surface area (Å²) in [4.78, 5) is 15.4. The van der Waals surface area contributed by atoms with E-state index in [0.29, 0.717) is 17.5 Å². The monoisotopic (exact) mass is 691 g/mol. The van der Waals surface area contributed by atoms with Gasteiger partial charge in [0.05, 0.1) is 5.56 Å². The van der Waals surface area contributed by atoms with Crippen LogP contribution in [-0.4, -0.2) is 15.0 Å². The first kappa shape index (κ1) is 30.3. The number of benzene rings is 8. The third-order valence-corrected chi connectivity index (χ3v) is 10.4. The molecule has 0 aliphatic carbocycles. The van der Waals surface area contributed by atoms with E-state index in [1.807, 2.05) is 54.6 Å². The van der Waals surface area contributed by atoms with E-state index in [1.165, 1.54) is 16.3 Å². The Bertz CT molecular complexity index is 3220. The van der Waals surface area contributed by atoms with E-state index in [9.17, 15) is 0 Å². The summed E-state index contributed by atoms with van der Waals surface area (Å²) in [5.74, 6) is 1.71. The van der Waals surface area contributed by atoms with Gasteiger partial charge in [-0.25, -0.2) is 15.0 Å². The molecule has 0 radical (unpaired) electrons. The van der Waals surface area contributed by atoms with Crippen LogP contribution in [0.3, 0.4) is 0 Å². The molecule has 0 saturated carbocycles. The first-order valence-electron chi connectivity index (χ1n) is 18.0. The minimum absolute atomic E-state index is 0.547. The zero-order chi connectivity index (χ0) is 35.6. The molecule has 0 amide bonds. The average Bonchev–Trinajstić information content (AvgIpc) is 3.82. The topological polar surface area (TPSA) is 65.0 Å². The molecule has 3 heterocycles. The fourth-order valence-electron chi connectivity index (χ4n) is 7.79. The summed E-state index contributed by atoms with van der Waals surface area (Å²) in [5.41, 5.74) is 10.3. The second-order valence-electron chi connectivity index (χ2n) is 13.5. The molecule has 0 atom stereocenters. The molecule has 5 heteroatoms. The zero-order valence-electron chi connectivity index (χ0n) is 28.9. The van der Waals surface area contributed by atoms with Crippen LogP contribution in [0.4, 0.5) is 0 Å². The summed E-state index contributed by atoms with van der Waals surface area (Å²) in [6.07, 6.45) is 0. The van der Waals surface area contributed by atoms with Crippen molar-refractivity contribution in [3.05, 3.63) is 176 Å². The number of aromatic nitrogens is 3. The number of furan rings is 2. The predicted molar refractivity (Wildman–Crippen MR) is 219 cm³/mol. The molecular weight excluding hydrogens is 663 g/mol. The second kappa shape index (κ2) is 12.1. The molecule has 11 aromatic rings. The van der Waals surface area contributed by atoms with Gasteiger partial charge in [-0.2, -0.15) is 0 Å². The average molecular weight is 692 g/mol. The van der Waals surface area contributed by atoms with E-state index < -0.39 is 0 Å². The summed E-state index contributed by atoms with van der Waals surface area (Å²) < 4.78 is 12.7. The van der Waals surface area contributed by atoms with Crippen molar-refractivity contribution in [2.24, 2.45) is 0 Å². The quantitative estimate of drug-likeness (QED) is 0.180. The molecule has 0 fully saturated rings. The maximum Gasteiger partial charge on any atom is 0.167 e. The maximum absolute atomic E-state index is 6.47. The molecule has 252 valence electrons. The van der Waals surface area contributed by atoms with Crippen molar-refractivity contribution < 1.29 is 8.83 Å². The molecular formula is C49H29N3O2. The first-order valence-corrected chi connectivity index (χ1v) is 18.0. The lowest BCUT2D eigenvalue weighted by Gasteiger charge is -2.11. The Kier molecular flexibility index (Phi) is 6.79. The van der Waals surface area contributed by atoms with Crippen LogP contribution in [0.2, 0.25) is 0 Å². The molecule has 5 nitrogen and oxygen atoms in total. The van der Waals surface area contributed by atoms with Gasteiger partial charge in [-0.3, -0.25) is 0 Å². The fraction of sp³-hybridized carbons (Fsp3) is 0. The Labute approximate surface area is 309 Å². The maximum atomic E-state index is 6.47. The summed E-state index contributed by atoms with van der Waals surface area (Å²) in [5, 5.41) is 6.68. The van der Waals surface area contributed by atoms with Crippen molar-refractivity contribution in [2.45, 2.75) is 0 Å². The van der Waals surface area contributed by atoms with Crippen molar-refractivity contribution in [1.82, 2.24) is 15.0 Å². The van der Waals surface area contributed by atoms with Gasteiger partial charge in [0.1, 0.15) is 22.3 Å². The highest BCUT2D eigenvalue weighted by Crippen LogP contribution is 2.39. The van der Waals surface area contributed by atoms with E-state index in [-0.39, 0.29) is 0 Å². The predicted octanol–water partition coefficient (Wildman–Crippen LogP) is 13.2. The van der Waals surface area contributed by atoms with E-state index in [2.05, 4.69) is 121 Å². The van der Waals surface area contributed by atoms with Gasteiger partial charge in [-0.05, 0) is 63.4 Å². The Hall–Kier alpha value is -7.37. The van der Waals surface area contributed by atoms with Crippen LogP contribution in [0.1, 0.15) is 0 Å². The lowest BCUT2D eigenvalue weighted by Crippen LogP contribution is -2.00. The molecule has 11 rings (SSSR count). The number of nitrogens with zero attached hydrogens (tertiary/aromatic N) is 3. The summed E-state index contributed by atoms with van der Waals surface area (Å²) in [7, 11) is 0. The molecule has 0 unspecified atom stereocenters. The lowest BCUT2D eigenvalue weighted by molar-refractivity contribution is 0.669. The Balaban J connectivity index is 1.09. The fourth-order valence-corrected chi connectivity index (χ4v) is 7.79. The lowest BCUT2D eigenvalue weighted by atomic mass is 9.97. The van der Waals surface area contributed by atoms with Crippen molar-refractivity contribution >= 4 is 54.6 Å². The molecule has 8 aromatic carbocycles. The van der Waals surface area contributed by atoms with Crippen LogP contribution in [0.15, 0.2) is 185 Å². The number of para-hydroxylation sites is 3. The van der Waals surface area contributed by atoms with Gasteiger partial charge >= 0.3 is 0 Å². The molecule has 0 saturated heterocycles. The summed E-state index contributed by atoms with van der Waals surface area (Å²) >= 11 is 0. The van der Waals surface area contributed by atoms with Crippen LogP contribution in [0, 0.1) is 0 Å². The molecule has 3 aromatic heterocycles. The van der Waals surface area contributed by atoms with E-state index in [1.54, 1.807) is 0 Å². The van der Waals surface area contributed by atoms with Crippen molar-refractivity contribution in [3.63, 3.8) is 0 Å². The molecule has 0 spiro atoms. The second-order valence-corrected chi connectivity index (χ2v) is 13.5. The SMILES string of the molecule is c1cc(-c2nc(-c3ccc(-c4cccc5ccccc45)cc3)nc(-c3cccc4c3oc3ccccc34)n2)cc(-c2cccc3oc4ccccc4c23)c1. The highest BCUT2D eigenvalue weighted by molar-refractivity contribution is 6.12. The molecule has 0 N–H and O–H groups in total. The molecule has 54 heavy (non-hydrogen) atoms. The largest absolute Gasteiger partial charge is 0.456 e. The Morgan fingerprint density at radius 1 is 0.315 bits per heavy atom. The minimum atomic E-state index is 0.547. The number of fused-ring (bicyclic) bond motifs is 7. The summed E-state index contributed by atoms with van der Waals surface area (Å²) in [6.45, 7) is 0. The number of rotatable bonds is 5. The van der Waals surface area contributed by atoms with E-state index >= 15 is 0 Å². The van der Waals surface area contributed by atoms with Gasteiger partial charge in [0.2, 0.25) is 0 Å². The van der Waals surface area contributed by atoms with E-state index in [0.717, 1.165) is 77.3 Å². The van der Waals surface area contributed by atoms with Crippen LogP contribution < -0.4 is 0 Å². The number of hydrogen-bond acceptors (Lipinski definition) is 5. The zero-order valence-corrected chi connectivity index (χ0v) is 28.9. The van der Waals surface area contributed by atoms with Crippen LogP contribution in [-0.2, 0) is 0 Å². The van der Waals surface area contributed by atoms with Gasteiger partial charge in [0.25, 0.3) is 0 Å². The van der Waals surface area contributed by atoms with Gasteiger partial charge in [0, 0.05) is 32.7 Å². The van der Waals surface area contributed by atoms with Gasteiger partial charge in [-0.1, -0.05) is 146 Å². The first-order chi connectivity index (χ1) is 26.7. The van der Waals surface area contributed by atoms with Crippen molar-refractivity contribution in [1.29, 1.82) is 0 Å². The Morgan fingerprint density at radius 3 is 1.74 bits per heavy atom. The smallest absolute Gasteiger partial charge is 0.167 e. The third kappa shape index (κ3) is 4.90. The molecule has 0 aliphatic heterocycles. The van der Waals surface area contributed by atoms with Crippen LogP contribution >= 0.6 is 0 Å². The highest BCUT2D eigenvalue weighted by atomic mass is 16.3. The van der Waals surface area contributed by atoms with Crippen molar-refractivity contribution in [2.75, 3.05) is 0 Å². The van der Waals surface area contributed by atoms with Crippen LogP contribution in [0.5, 0.6) is 0 Å². The minimum Gasteiger partial charge on any atom is -0.456 e.